The maximum Gasteiger partial charge on any atom is 0.407 e. The van der Waals surface area contributed by atoms with Crippen LogP contribution in [-0.2, 0) is 9.47 Å². The lowest BCUT2D eigenvalue weighted by Crippen LogP contribution is -2.33. The molecule has 0 unspecified atom stereocenters. The zero-order valence-electron chi connectivity index (χ0n) is 16.8. The Labute approximate surface area is 166 Å². The van der Waals surface area contributed by atoms with Crippen LogP contribution in [0.5, 0.6) is 5.75 Å². The second kappa shape index (κ2) is 11.7. The van der Waals surface area contributed by atoms with Crippen molar-refractivity contribution < 1.29 is 23.4 Å². The van der Waals surface area contributed by atoms with E-state index in [1.54, 1.807) is 6.07 Å². The Balaban J connectivity index is 1.55. The van der Waals surface area contributed by atoms with Crippen LogP contribution in [0, 0.1) is 5.82 Å². The molecule has 1 aliphatic rings. The fraction of sp³-hybridized carbons (Fsp3) is 0.571. The number of carbonyl (C=O) groups is 1. The van der Waals surface area contributed by atoms with Gasteiger partial charge in [0.2, 0.25) is 0 Å². The first kappa shape index (κ1) is 22.2. The van der Waals surface area contributed by atoms with Gasteiger partial charge in [0.05, 0.1) is 13.2 Å². The highest BCUT2D eigenvalue weighted by Crippen LogP contribution is 2.27. The highest BCUT2D eigenvalue weighted by atomic mass is 19.1. The first-order chi connectivity index (χ1) is 13.5. The molecular weight excluding hydrogens is 363 g/mol. The summed E-state index contributed by atoms with van der Waals surface area (Å²) in [6, 6.07) is 4.57. The van der Waals surface area contributed by atoms with Crippen LogP contribution >= 0.6 is 0 Å². The number of benzene rings is 1. The van der Waals surface area contributed by atoms with Gasteiger partial charge in [-0.15, -0.1) is 6.58 Å². The fourth-order valence-corrected chi connectivity index (χ4v) is 3.08. The lowest BCUT2D eigenvalue weighted by Gasteiger charge is -2.15. The molecule has 0 radical (unpaired) electrons. The number of alkyl carbamates (subject to hydrolysis) is 1. The largest absolute Gasteiger partial charge is 0.491 e. The molecule has 1 atom stereocenters. The summed E-state index contributed by atoms with van der Waals surface area (Å²) in [5, 5.41) is 2.68. The van der Waals surface area contributed by atoms with Crippen molar-refractivity contribution in [1.29, 1.82) is 0 Å². The van der Waals surface area contributed by atoms with Gasteiger partial charge in [0, 0.05) is 32.2 Å². The topological polar surface area (TPSA) is 60.0 Å². The predicted octanol–water partition coefficient (Wildman–Crippen LogP) is 3.33. The van der Waals surface area contributed by atoms with E-state index in [2.05, 4.69) is 16.8 Å². The standard InChI is InChI=1S/C21H31FN2O4/c1-4-9-24-10-7-18(15-24)28-21(25)23-8-11-26-12-13-27-20-14-17(22)5-6-19(20)16(2)3/h4-6,14,16,18H,1,7-13,15H2,2-3H3,(H,23,25)/t18-/m1/s1. The highest BCUT2D eigenvalue weighted by Gasteiger charge is 2.24. The number of halogens is 1. The van der Waals surface area contributed by atoms with Gasteiger partial charge < -0.3 is 19.5 Å². The van der Waals surface area contributed by atoms with Gasteiger partial charge in [-0.3, -0.25) is 4.90 Å². The molecule has 1 aliphatic heterocycles. The van der Waals surface area contributed by atoms with Crippen molar-refractivity contribution in [2.45, 2.75) is 32.3 Å². The van der Waals surface area contributed by atoms with Gasteiger partial charge >= 0.3 is 6.09 Å². The average Bonchev–Trinajstić information content (AvgIpc) is 3.08. The molecule has 0 spiro atoms. The summed E-state index contributed by atoms with van der Waals surface area (Å²) >= 11 is 0. The monoisotopic (exact) mass is 394 g/mol. The maximum absolute atomic E-state index is 13.4. The van der Waals surface area contributed by atoms with Crippen molar-refractivity contribution in [1.82, 2.24) is 10.2 Å². The minimum Gasteiger partial charge on any atom is -0.491 e. The van der Waals surface area contributed by atoms with Crippen LogP contribution < -0.4 is 10.1 Å². The van der Waals surface area contributed by atoms with E-state index in [1.807, 2.05) is 19.9 Å². The Morgan fingerprint density at radius 2 is 2.21 bits per heavy atom. The number of carbonyl (C=O) groups excluding carboxylic acids is 1. The summed E-state index contributed by atoms with van der Waals surface area (Å²) in [7, 11) is 0. The summed E-state index contributed by atoms with van der Waals surface area (Å²) in [6.45, 7) is 11.6. The number of rotatable bonds is 11. The molecule has 0 saturated carbocycles. The van der Waals surface area contributed by atoms with Crippen LogP contribution in [-0.4, -0.2) is 63.1 Å². The maximum atomic E-state index is 13.4. The smallest absolute Gasteiger partial charge is 0.407 e. The number of likely N-dealkylation sites (tertiary alicyclic amines) is 1. The second-order valence-electron chi connectivity index (χ2n) is 7.09. The van der Waals surface area contributed by atoms with Gasteiger partial charge in [-0.1, -0.05) is 26.0 Å². The molecule has 0 aromatic heterocycles. The van der Waals surface area contributed by atoms with Crippen molar-refractivity contribution in [3.05, 3.63) is 42.2 Å². The number of nitrogens with zero attached hydrogens (tertiary/aromatic N) is 1. The second-order valence-corrected chi connectivity index (χ2v) is 7.09. The van der Waals surface area contributed by atoms with Crippen molar-refractivity contribution >= 4 is 6.09 Å². The van der Waals surface area contributed by atoms with E-state index in [-0.39, 0.29) is 17.8 Å². The van der Waals surface area contributed by atoms with Crippen LogP contribution in [0.4, 0.5) is 9.18 Å². The number of nitrogens with one attached hydrogen (secondary N) is 1. The summed E-state index contributed by atoms with van der Waals surface area (Å²) in [5.41, 5.74) is 0.962. The molecule has 1 fully saturated rings. The van der Waals surface area contributed by atoms with Gasteiger partial charge in [0.1, 0.15) is 24.3 Å². The van der Waals surface area contributed by atoms with E-state index < -0.39 is 6.09 Å². The van der Waals surface area contributed by atoms with Gasteiger partial charge in [-0.2, -0.15) is 0 Å². The molecule has 0 bridgehead atoms. The molecule has 1 N–H and O–H groups in total. The molecule has 7 heteroatoms. The normalized spacial score (nSPS) is 16.9. The Kier molecular flexibility index (Phi) is 9.23. The predicted molar refractivity (Wildman–Crippen MR) is 106 cm³/mol. The lowest BCUT2D eigenvalue weighted by atomic mass is 10.0. The molecule has 1 saturated heterocycles. The number of hydrogen-bond acceptors (Lipinski definition) is 5. The molecule has 1 amide bonds. The van der Waals surface area contributed by atoms with Gasteiger partial charge in [0.25, 0.3) is 0 Å². The first-order valence-corrected chi connectivity index (χ1v) is 9.77. The van der Waals surface area contributed by atoms with E-state index in [0.29, 0.717) is 32.1 Å². The van der Waals surface area contributed by atoms with E-state index in [0.717, 1.165) is 31.6 Å². The highest BCUT2D eigenvalue weighted by molar-refractivity contribution is 5.67. The molecular formula is C21H31FN2O4. The van der Waals surface area contributed by atoms with Crippen LogP contribution in [0.3, 0.4) is 0 Å². The van der Waals surface area contributed by atoms with Crippen molar-refractivity contribution in [2.24, 2.45) is 0 Å². The number of ether oxygens (including phenoxy) is 3. The molecule has 0 aliphatic carbocycles. The quantitative estimate of drug-likeness (QED) is 0.461. The van der Waals surface area contributed by atoms with Crippen molar-refractivity contribution in [3.63, 3.8) is 0 Å². The van der Waals surface area contributed by atoms with Crippen LogP contribution in [0.1, 0.15) is 31.7 Å². The van der Waals surface area contributed by atoms with Gasteiger partial charge in [-0.25, -0.2) is 9.18 Å². The Bertz CT molecular complexity index is 639. The van der Waals surface area contributed by atoms with Crippen LogP contribution in [0.25, 0.3) is 0 Å². The molecule has 156 valence electrons. The third kappa shape index (κ3) is 7.48. The van der Waals surface area contributed by atoms with Gasteiger partial charge in [0.15, 0.2) is 0 Å². The molecule has 6 nitrogen and oxygen atoms in total. The molecule has 2 rings (SSSR count). The van der Waals surface area contributed by atoms with Crippen molar-refractivity contribution in [2.75, 3.05) is 46.0 Å². The molecule has 1 aromatic carbocycles. The Morgan fingerprint density at radius 3 is 2.96 bits per heavy atom. The van der Waals surface area contributed by atoms with E-state index in [9.17, 15) is 9.18 Å². The minimum atomic E-state index is -0.424. The third-order valence-electron chi connectivity index (χ3n) is 4.49. The summed E-state index contributed by atoms with van der Waals surface area (Å²) < 4.78 is 29.9. The van der Waals surface area contributed by atoms with E-state index in [1.165, 1.54) is 12.1 Å². The zero-order valence-corrected chi connectivity index (χ0v) is 16.8. The number of amides is 1. The minimum absolute atomic E-state index is 0.0734. The average molecular weight is 394 g/mol. The SMILES string of the molecule is C=CCN1CC[C@@H](OC(=O)NCCOCCOc2cc(F)ccc2C(C)C)C1. The van der Waals surface area contributed by atoms with E-state index >= 15 is 0 Å². The zero-order chi connectivity index (χ0) is 20.4. The summed E-state index contributed by atoms with van der Waals surface area (Å²) in [4.78, 5) is 14.0. The third-order valence-corrected chi connectivity index (χ3v) is 4.49. The molecule has 1 aromatic rings. The van der Waals surface area contributed by atoms with E-state index in [4.69, 9.17) is 14.2 Å². The Hall–Kier alpha value is -2.12. The molecule has 1 heterocycles. The van der Waals surface area contributed by atoms with Crippen LogP contribution in [0.2, 0.25) is 0 Å². The van der Waals surface area contributed by atoms with Crippen LogP contribution in [0.15, 0.2) is 30.9 Å². The summed E-state index contributed by atoms with van der Waals surface area (Å²) in [6.07, 6.45) is 2.19. The number of hydrogen-bond donors (Lipinski definition) is 1. The first-order valence-electron chi connectivity index (χ1n) is 9.77. The van der Waals surface area contributed by atoms with Crippen molar-refractivity contribution in [3.8, 4) is 5.75 Å². The lowest BCUT2D eigenvalue weighted by molar-refractivity contribution is 0.0858. The fourth-order valence-electron chi connectivity index (χ4n) is 3.08. The van der Waals surface area contributed by atoms with Gasteiger partial charge in [-0.05, 0) is 24.0 Å². The summed E-state index contributed by atoms with van der Waals surface area (Å²) in [5.74, 6) is 0.468. The Morgan fingerprint density at radius 1 is 1.39 bits per heavy atom. The molecule has 28 heavy (non-hydrogen) atoms.